The summed E-state index contributed by atoms with van der Waals surface area (Å²) in [5, 5.41) is 2.88. The van der Waals surface area contributed by atoms with Crippen molar-refractivity contribution in [2.75, 3.05) is 30.2 Å². The fraction of sp³-hybridized carbons (Fsp3) is 0.462. The molecular weight excluding hydrogens is 469 g/mol. The van der Waals surface area contributed by atoms with E-state index < -0.39 is 21.9 Å². The Bertz CT molecular complexity index is 1080. The van der Waals surface area contributed by atoms with Crippen LogP contribution in [0, 0.1) is 11.7 Å². The molecule has 0 fully saturated rings. The van der Waals surface area contributed by atoms with Gasteiger partial charge in [-0.2, -0.15) is 0 Å². The van der Waals surface area contributed by atoms with Gasteiger partial charge in [-0.15, -0.1) is 0 Å². The summed E-state index contributed by atoms with van der Waals surface area (Å²) in [7, 11) is -3.75. The van der Waals surface area contributed by atoms with Crippen molar-refractivity contribution in [2.45, 2.75) is 46.1 Å². The van der Waals surface area contributed by atoms with Crippen molar-refractivity contribution in [2.24, 2.45) is 5.92 Å². The number of hydrogen-bond acceptors (Lipinski definition) is 4. The maximum absolute atomic E-state index is 14.2. The Labute approximate surface area is 208 Å². The number of rotatable bonds is 13. The second-order valence-corrected chi connectivity index (χ2v) is 10.9. The van der Waals surface area contributed by atoms with Crippen LogP contribution >= 0.6 is 0 Å². The van der Waals surface area contributed by atoms with Crippen molar-refractivity contribution in [1.29, 1.82) is 0 Å². The number of sulfonamides is 1. The highest BCUT2D eigenvalue weighted by Crippen LogP contribution is 2.22. The van der Waals surface area contributed by atoms with Gasteiger partial charge in [0.25, 0.3) is 0 Å². The van der Waals surface area contributed by atoms with Crippen molar-refractivity contribution in [1.82, 2.24) is 10.2 Å². The summed E-state index contributed by atoms with van der Waals surface area (Å²) in [5.41, 5.74) is 0.993. The lowest BCUT2D eigenvalue weighted by Gasteiger charge is -2.29. The number of para-hydroxylation sites is 1. The number of nitrogens with zero attached hydrogens (tertiary/aromatic N) is 2. The zero-order valence-electron chi connectivity index (χ0n) is 20.9. The number of benzene rings is 2. The Morgan fingerprint density at radius 2 is 1.60 bits per heavy atom. The number of anilines is 1. The largest absolute Gasteiger partial charge is 0.354 e. The van der Waals surface area contributed by atoms with Gasteiger partial charge in [0.1, 0.15) is 11.9 Å². The van der Waals surface area contributed by atoms with Gasteiger partial charge in [-0.25, -0.2) is 12.8 Å². The average molecular weight is 506 g/mol. The molecule has 0 spiro atoms. The van der Waals surface area contributed by atoms with Gasteiger partial charge in [0.2, 0.25) is 21.8 Å². The minimum Gasteiger partial charge on any atom is -0.354 e. The third kappa shape index (κ3) is 8.98. The Kier molecular flexibility index (Phi) is 10.7. The smallest absolute Gasteiger partial charge is 0.242 e. The Hall–Kier alpha value is -2.94. The third-order valence-electron chi connectivity index (χ3n) is 5.61. The molecule has 0 unspecified atom stereocenters. The molecule has 0 saturated heterocycles. The molecule has 35 heavy (non-hydrogen) atoms. The Morgan fingerprint density at radius 1 is 0.971 bits per heavy atom. The Morgan fingerprint density at radius 3 is 2.20 bits per heavy atom. The molecule has 0 bridgehead atoms. The minimum atomic E-state index is -3.75. The fourth-order valence-corrected chi connectivity index (χ4v) is 4.63. The van der Waals surface area contributed by atoms with E-state index in [1.54, 1.807) is 13.0 Å². The van der Waals surface area contributed by atoms with E-state index >= 15 is 0 Å². The molecule has 0 aliphatic heterocycles. The summed E-state index contributed by atoms with van der Waals surface area (Å²) < 4.78 is 39.8. The molecule has 1 atom stereocenters. The number of carbonyl (C=O) groups excluding carboxylic acids is 2. The van der Waals surface area contributed by atoms with Crippen molar-refractivity contribution in [3.8, 4) is 0 Å². The number of nitrogens with one attached hydrogen (secondary N) is 1. The van der Waals surface area contributed by atoms with Crippen LogP contribution < -0.4 is 9.62 Å². The summed E-state index contributed by atoms with van der Waals surface area (Å²) in [6.45, 7) is 6.49. The average Bonchev–Trinajstić information content (AvgIpc) is 2.80. The molecule has 2 rings (SSSR count). The lowest BCUT2D eigenvalue weighted by atomic mass is 10.1. The van der Waals surface area contributed by atoms with Gasteiger partial charge >= 0.3 is 0 Å². The van der Waals surface area contributed by atoms with Crippen LogP contribution in [0.5, 0.6) is 0 Å². The topological polar surface area (TPSA) is 86.8 Å². The summed E-state index contributed by atoms with van der Waals surface area (Å²) in [4.78, 5) is 27.4. The summed E-state index contributed by atoms with van der Waals surface area (Å²) in [5.74, 6) is -0.858. The zero-order chi connectivity index (χ0) is 26.0. The first-order valence-electron chi connectivity index (χ1n) is 11.8. The van der Waals surface area contributed by atoms with Gasteiger partial charge in [-0.05, 0) is 43.4 Å². The second kappa shape index (κ2) is 13.2. The molecule has 0 radical (unpaired) electrons. The van der Waals surface area contributed by atoms with Crippen LogP contribution in [0.15, 0.2) is 54.6 Å². The van der Waals surface area contributed by atoms with Gasteiger partial charge in [0.05, 0.1) is 11.9 Å². The van der Waals surface area contributed by atoms with Crippen molar-refractivity contribution in [3.63, 3.8) is 0 Å². The first kappa shape index (κ1) is 28.3. The van der Waals surface area contributed by atoms with Gasteiger partial charge in [-0.1, -0.05) is 56.3 Å². The molecule has 0 saturated carbocycles. The van der Waals surface area contributed by atoms with Crippen molar-refractivity contribution >= 4 is 27.5 Å². The Balaban J connectivity index is 2.11. The van der Waals surface area contributed by atoms with Crippen LogP contribution in [-0.4, -0.2) is 57.1 Å². The predicted molar refractivity (Wildman–Crippen MR) is 137 cm³/mol. The molecule has 9 heteroatoms. The third-order valence-corrected chi connectivity index (χ3v) is 6.79. The molecule has 0 aliphatic rings. The highest BCUT2D eigenvalue weighted by molar-refractivity contribution is 7.92. The van der Waals surface area contributed by atoms with Crippen LogP contribution in [0.3, 0.4) is 0 Å². The van der Waals surface area contributed by atoms with E-state index in [4.69, 9.17) is 0 Å². The molecule has 0 heterocycles. The molecule has 7 nitrogen and oxygen atoms in total. The summed E-state index contributed by atoms with van der Waals surface area (Å²) in [6, 6.07) is 14.6. The fourth-order valence-electron chi connectivity index (χ4n) is 3.66. The second-order valence-electron chi connectivity index (χ2n) is 9.03. The number of halogens is 1. The van der Waals surface area contributed by atoms with E-state index in [2.05, 4.69) is 5.32 Å². The molecule has 2 amide bonds. The van der Waals surface area contributed by atoms with Crippen molar-refractivity contribution < 1.29 is 22.4 Å². The number of hydrogen-bond donors (Lipinski definition) is 1. The van der Waals surface area contributed by atoms with E-state index in [1.807, 2.05) is 44.2 Å². The zero-order valence-corrected chi connectivity index (χ0v) is 21.7. The lowest BCUT2D eigenvalue weighted by Crippen LogP contribution is -2.49. The van der Waals surface area contributed by atoms with Gasteiger partial charge in [0.15, 0.2) is 0 Å². The first-order valence-corrected chi connectivity index (χ1v) is 13.7. The predicted octanol–water partition coefficient (Wildman–Crippen LogP) is 3.60. The van der Waals surface area contributed by atoms with Crippen molar-refractivity contribution in [3.05, 3.63) is 66.0 Å². The van der Waals surface area contributed by atoms with Gasteiger partial charge in [0, 0.05) is 26.1 Å². The van der Waals surface area contributed by atoms with Crippen LogP contribution in [0.4, 0.5) is 10.1 Å². The molecule has 1 N–H and O–H groups in total. The van der Waals surface area contributed by atoms with Gasteiger partial charge < -0.3 is 10.2 Å². The maximum atomic E-state index is 14.2. The highest BCUT2D eigenvalue weighted by Gasteiger charge is 2.26. The molecule has 192 valence electrons. The maximum Gasteiger partial charge on any atom is 0.242 e. The lowest BCUT2D eigenvalue weighted by molar-refractivity contribution is -0.140. The quantitative estimate of drug-likeness (QED) is 0.451. The van der Waals surface area contributed by atoms with Crippen LogP contribution in [0.25, 0.3) is 0 Å². The molecule has 2 aromatic rings. The van der Waals surface area contributed by atoms with E-state index in [0.29, 0.717) is 19.5 Å². The van der Waals surface area contributed by atoms with E-state index in [0.717, 1.165) is 16.1 Å². The first-order chi connectivity index (χ1) is 16.5. The highest BCUT2D eigenvalue weighted by atomic mass is 32.2. The van der Waals surface area contributed by atoms with Gasteiger partial charge in [-0.3, -0.25) is 13.9 Å². The van der Waals surface area contributed by atoms with Crippen LogP contribution in [0.1, 0.15) is 39.2 Å². The molecule has 0 aromatic heterocycles. The number of amides is 2. The van der Waals surface area contributed by atoms with E-state index in [9.17, 15) is 22.4 Å². The summed E-state index contributed by atoms with van der Waals surface area (Å²) in [6.07, 6.45) is 1.80. The molecule has 0 aliphatic carbocycles. The normalized spacial score (nSPS) is 12.3. The van der Waals surface area contributed by atoms with E-state index in [-0.39, 0.29) is 42.8 Å². The minimum absolute atomic E-state index is 0.0249. The summed E-state index contributed by atoms with van der Waals surface area (Å²) >= 11 is 0. The monoisotopic (exact) mass is 505 g/mol. The SMILES string of the molecule is CC(C)CNC(=O)[C@@H](C)N(CCc1ccccc1)C(=O)CCCN(c1ccccc1F)S(C)(=O)=O. The molecular formula is C26H36FN3O4S. The van der Waals surface area contributed by atoms with E-state index in [1.165, 1.54) is 23.1 Å². The van der Waals surface area contributed by atoms with Crippen LogP contribution in [0.2, 0.25) is 0 Å². The number of carbonyl (C=O) groups is 2. The standard InChI is InChI=1S/C26H36FN3O4S/c1-20(2)19-28-26(32)21(3)29(18-16-22-11-6-5-7-12-22)25(31)15-10-17-30(35(4,33)34)24-14-9-8-13-23(24)27/h5-9,11-14,20-21H,10,15-19H2,1-4H3,(H,28,32)/t21-/m1/s1. The van der Waals surface area contributed by atoms with Crippen LogP contribution in [-0.2, 0) is 26.0 Å². The molecule has 2 aromatic carbocycles.